The van der Waals surface area contributed by atoms with Crippen LogP contribution in [0.1, 0.15) is 19.4 Å². The van der Waals surface area contributed by atoms with Crippen molar-refractivity contribution >= 4 is 11.6 Å². The first-order valence-electron chi connectivity index (χ1n) is 6.01. The van der Waals surface area contributed by atoms with Crippen LogP contribution in [0.2, 0.25) is 5.02 Å². The van der Waals surface area contributed by atoms with Crippen LogP contribution in [0, 0.1) is 5.92 Å². The minimum Gasteiger partial charge on any atom is -0.312 e. The highest BCUT2D eigenvalue weighted by atomic mass is 35.5. The Labute approximate surface area is 112 Å². The van der Waals surface area contributed by atoms with Crippen molar-refractivity contribution in [1.82, 2.24) is 20.1 Å². The summed E-state index contributed by atoms with van der Waals surface area (Å²) in [5.41, 5.74) is 2.02. The molecule has 0 radical (unpaired) electrons. The third-order valence-corrected chi connectivity index (χ3v) is 2.94. The van der Waals surface area contributed by atoms with Gasteiger partial charge in [-0.1, -0.05) is 31.5 Å². The maximum Gasteiger partial charge on any atom is 0.138 e. The van der Waals surface area contributed by atoms with Crippen molar-refractivity contribution in [3.05, 3.63) is 41.4 Å². The first kappa shape index (κ1) is 13.1. The van der Waals surface area contributed by atoms with Crippen LogP contribution in [-0.4, -0.2) is 21.3 Å². The number of rotatable bonds is 5. The fourth-order valence-electron chi connectivity index (χ4n) is 1.66. The summed E-state index contributed by atoms with van der Waals surface area (Å²) in [6.07, 6.45) is 3.16. The lowest BCUT2D eigenvalue weighted by Crippen LogP contribution is -2.19. The molecule has 0 aliphatic rings. The van der Waals surface area contributed by atoms with Gasteiger partial charge in [-0.2, -0.15) is 5.10 Å². The molecule has 0 aliphatic heterocycles. The van der Waals surface area contributed by atoms with E-state index in [4.69, 9.17) is 11.6 Å². The Hall–Kier alpha value is -1.39. The monoisotopic (exact) mass is 264 g/mol. The van der Waals surface area contributed by atoms with Gasteiger partial charge in [0.05, 0.1) is 5.69 Å². The van der Waals surface area contributed by atoms with Crippen molar-refractivity contribution in [2.75, 3.05) is 6.54 Å². The third-order valence-electron chi connectivity index (χ3n) is 2.59. The molecule has 2 rings (SSSR count). The summed E-state index contributed by atoms with van der Waals surface area (Å²) in [4.78, 5) is 3.92. The SMILES string of the molecule is CC(C)CNCc1ccc(-n2cncn2)cc1Cl. The fraction of sp³-hybridized carbons (Fsp3) is 0.385. The highest BCUT2D eigenvalue weighted by Crippen LogP contribution is 2.19. The van der Waals surface area contributed by atoms with Gasteiger partial charge < -0.3 is 5.32 Å². The van der Waals surface area contributed by atoms with Gasteiger partial charge in [-0.3, -0.25) is 0 Å². The van der Waals surface area contributed by atoms with Crippen LogP contribution in [0.5, 0.6) is 0 Å². The molecule has 0 saturated carbocycles. The van der Waals surface area contributed by atoms with Gasteiger partial charge in [0.2, 0.25) is 0 Å². The second kappa shape index (κ2) is 5.98. The minimum absolute atomic E-state index is 0.637. The molecule has 2 aromatic rings. The average molecular weight is 265 g/mol. The van der Waals surface area contributed by atoms with Crippen LogP contribution in [0.15, 0.2) is 30.9 Å². The maximum atomic E-state index is 6.26. The summed E-state index contributed by atoms with van der Waals surface area (Å²) >= 11 is 6.26. The molecule has 0 aliphatic carbocycles. The molecule has 0 atom stereocenters. The number of nitrogens with one attached hydrogen (secondary N) is 1. The normalized spacial score (nSPS) is 11.1. The molecular weight excluding hydrogens is 248 g/mol. The van der Waals surface area contributed by atoms with Crippen molar-refractivity contribution in [1.29, 1.82) is 0 Å². The summed E-state index contributed by atoms with van der Waals surface area (Å²) < 4.78 is 1.69. The minimum atomic E-state index is 0.637. The van der Waals surface area contributed by atoms with Gasteiger partial charge in [0.15, 0.2) is 0 Å². The fourth-order valence-corrected chi connectivity index (χ4v) is 1.90. The van der Waals surface area contributed by atoms with Gasteiger partial charge in [-0.05, 0) is 30.2 Å². The molecule has 96 valence electrons. The Bertz CT molecular complexity index is 494. The first-order valence-corrected chi connectivity index (χ1v) is 6.38. The Morgan fingerprint density at radius 3 is 2.83 bits per heavy atom. The molecule has 5 heteroatoms. The molecule has 0 unspecified atom stereocenters. The second-order valence-electron chi connectivity index (χ2n) is 4.64. The quantitative estimate of drug-likeness (QED) is 0.903. The molecule has 4 nitrogen and oxygen atoms in total. The zero-order valence-corrected chi connectivity index (χ0v) is 11.4. The topological polar surface area (TPSA) is 42.7 Å². The zero-order valence-electron chi connectivity index (χ0n) is 10.6. The van der Waals surface area contributed by atoms with Gasteiger partial charge >= 0.3 is 0 Å². The van der Waals surface area contributed by atoms with Gasteiger partial charge in [0.25, 0.3) is 0 Å². The molecule has 1 N–H and O–H groups in total. The van der Waals surface area contributed by atoms with Crippen molar-refractivity contribution in [3.63, 3.8) is 0 Å². The summed E-state index contributed by atoms with van der Waals surface area (Å²) in [5, 5.41) is 8.20. The van der Waals surface area contributed by atoms with E-state index < -0.39 is 0 Å². The van der Waals surface area contributed by atoms with Crippen LogP contribution in [0.4, 0.5) is 0 Å². The predicted molar refractivity (Wildman–Crippen MR) is 72.9 cm³/mol. The summed E-state index contributed by atoms with van der Waals surface area (Å²) in [6.45, 7) is 6.14. The molecule has 1 aromatic heterocycles. The van der Waals surface area contributed by atoms with E-state index in [2.05, 4.69) is 29.2 Å². The van der Waals surface area contributed by atoms with Gasteiger partial charge in [0.1, 0.15) is 12.7 Å². The van der Waals surface area contributed by atoms with E-state index in [0.29, 0.717) is 5.92 Å². The highest BCUT2D eigenvalue weighted by molar-refractivity contribution is 6.31. The Morgan fingerprint density at radius 1 is 1.39 bits per heavy atom. The van der Waals surface area contributed by atoms with Crippen LogP contribution >= 0.6 is 11.6 Å². The van der Waals surface area contributed by atoms with E-state index in [1.807, 2.05) is 18.2 Å². The Morgan fingerprint density at radius 2 is 2.22 bits per heavy atom. The Balaban J connectivity index is 2.06. The number of aromatic nitrogens is 3. The molecule has 0 amide bonds. The number of hydrogen-bond donors (Lipinski definition) is 1. The summed E-state index contributed by atoms with van der Waals surface area (Å²) in [6, 6.07) is 5.92. The first-order chi connectivity index (χ1) is 8.66. The maximum absolute atomic E-state index is 6.26. The van der Waals surface area contributed by atoms with Crippen molar-refractivity contribution < 1.29 is 0 Å². The number of nitrogens with zero attached hydrogens (tertiary/aromatic N) is 3. The molecule has 1 heterocycles. The summed E-state index contributed by atoms with van der Waals surface area (Å²) in [5.74, 6) is 0.637. The number of benzene rings is 1. The van der Waals surface area contributed by atoms with Crippen LogP contribution in [0.25, 0.3) is 5.69 Å². The average Bonchev–Trinajstić information content (AvgIpc) is 2.84. The lowest BCUT2D eigenvalue weighted by atomic mass is 10.2. The van der Waals surface area contributed by atoms with Crippen molar-refractivity contribution in [3.8, 4) is 5.69 Å². The lowest BCUT2D eigenvalue weighted by molar-refractivity contribution is 0.552. The van der Waals surface area contributed by atoms with Crippen LogP contribution in [-0.2, 0) is 6.54 Å². The third kappa shape index (κ3) is 3.31. The number of halogens is 1. The molecule has 0 bridgehead atoms. The summed E-state index contributed by atoms with van der Waals surface area (Å²) in [7, 11) is 0. The lowest BCUT2D eigenvalue weighted by Gasteiger charge is -2.10. The Kier molecular flexibility index (Phi) is 4.33. The molecule has 0 saturated heterocycles. The van der Waals surface area contributed by atoms with E-state index in [1.54, 1.807) is 11.0 Å². The molecular formula is C13H17ClN4. The van der Waals surface area contributed by atoms with Gasteiger partial charge in [0, 0.05) is 11.6 Å². The highest BCUT2D eigenvalue weighted by Gasteiger charge is 2.04. The molecule has 1 aromatic carbocycles. The van der Waals surface area contributed by atoms with Gasteiger partial charge in [-0.15, -0.1) is 0 Å². The van der Waals surface area contributed by atoms with E-state index in [1.165, 1.54) is 6.33 Å². The second-order valence-corrected chi connectivity index (χ2v) is 5.05. The largest absolute Gasteiger partial charge is 0.312 e. The molecule has 0 fully saturated rings. The predicted octanol–water partition coefficient (Wildman–Crippen LogP) is 2.67. The van der Waals surface area contributed by atoms with Crippen LogP contribution in [0.3, 0.4) is 0 Å². The molecule has 0 spiro atoms. The molecule has 18 heavy (non-hydrogen) atoms. The van der Waals surface area contributed by atoms with E-state index in [9.17, 15) is 0 Å². The van der Waals surface area contributed by atoms with E-state index >= 15 is 0 Å². The standard InChI is InChI=1S/C13H17ClN4/c1-10(2)6-15-7-11-3-4-12(5-13(11)14)18-9-16-8-17-18/h3-5,8-10,15H,6-7H2,1-2H3. The van der Waals surface area contributed by atoms with Gasteiger partial charge in [-0.25, -0.2) is 9.67 Å². The van der Waals surface area contributed by atoms with E-state index in [0.717, 1.165) is 29.4 Å². The smallest absolute Gasteiger partial charge is 0.138 e. The van der Waals surface area contributed by atoms with Crippen molar-refractivity contribution in [2.24, 2.45) is 5.92 Å². The van der Waals surface area contributed by atoms with Crippen LogP contribution < -0.4 is 5.32 Å². The van der Waals surface area contributed by atoms with E-state index in [-0.39, 0.29) is 0 Å². The van der Waals surface area contributed by atoms with Crippen molar-refractivity contribution in [2.45, 2.75) is 20.4 Å². The zero-order chi connectivity index (χ0) is 13.0. The number of hydrogen-bond acceptors (Lipinski definition) is 3.